The number of hydrogen-bond donors (Lipinski definition) is 3. The minimum absolute atomic E-state index is 0.124. The maximum Gasteiger partial charge on any atom is 0.326 e. The van der Waals surface area contributed by atoms with Gasteiger partial charge in [0.1, 0.15) is 17.7 Å². The third kappa shape index (κ3) is 7.69. The third-order valence-electron chi connectivity index (χ3n) is 2.37. The molecule has 0 spiro atoms. The molecule has 112 valence electrons. The van der Waals surface area contributed by atoms with Gasteiger partial charge in [0.2, 0.25) is 0 Å². The highest BCUT2D eigenvalue weighted by atomic mass is 32.2. The molecule has 0 rings (SSSR count). The number of nitriles is 1. The Hall–Kier alpha value is -1.68. The Balaban J connectivity index is 4.59. The fourth-order valence-electron chi connectivity index (χ4n) is 1.24. The number of rotatable bonds is 9. The summed E-state index contributed by atoms with van der Waals surface area (Å²) in [6, 6.07) is 0.962. The van der Waals surface area contributed by atoms with E-state index in [1.54, 1.807) is 6.07 Å². The van der Waals surface area contributed by atoms with Crippen molar-refractivity contribution < 1.29 is 14.7 Å². The van der Waals surface area contributed by atoms with E-state index in [0.717, 1.165) is 0 Å². The van der Waals surface area contributed by atoms with Crippen LogP contribution in [0.5, 0.6) is 0 Å². The molecule has 0 saturated carbocycles. The highest BCUT2D eigenvalue weighted by Gasteiger charge is 2.16. The number of carboxylic acids is 1. The molecule has 0 fully saturated rings. The molecule has 0 aliphatic carbocycles. The molecule has 0 aromatic heterocycles. The van der Waals surface area contributed by atoms with E-state index in [9.17, 15) is 9.59 Å². The van der Waals surface area contributed by atoms with Crippen LogP contribution in [0.15, 0.2) is 11.8 Å². The average Bonchev–Trinajstić information content (AvgIpc) is 2.39. The Morgan fingerprint density at radius 3 is 2.55 bits per heavy atom. The van der Waals surface area contributed by atoms with E-state index in [4.69, 9.17) is 10.4 Å². The van der Waals surface area contributed by atoms with Crippen LogP contribution in [0.2, 0.25) is 0 Å². The summed E-state index contributed by atoms with van der Waals surface area (Å²) in [6.45, 7) is 4.35. The summed E-state index contributed by atoms with van der Waals surface area (Å²) in [6.07, 6.45) is 3.48. The van der Waals surface area contributed by atoms with Gasteiger partial charge in [-0.15, -0.1) is 0 Å². The summed E-state index contributed by atoms with van der Waals surface area (Å²) in [4.78, 5) is 22.7. The lowest BCUT2D eigenvalue weighted by molar-refractivity contribution is -0.139. The van der Waals surface area contributed by atoms with E-state index in [1.807, 2.05) is 20.1 Å². The van der Waals surface area contributed by atoms with Crippen molar-refractivity contribution in [2.24, 2.45) is 5.92 Å². The van der Waals surface area contributed by atoms with Gasteiger partial charge >= 0.3 is 5.97 Å². The van der Waals surface area contributed by atoms with Crippen molar-refractivity contribution in [1.29, 1.82) is 5.26 Å². The predicted molar refractivity (Wildman–Crippen MR) is 79.1 cm³/mol. The van der Waals surface area contributed by atoms with Gasteiger partial charge in [-0.1, -0.05) is 13.8 Å². The first kappa shape index (κ1) is 18.3. The second-order valence-corrected chi connectivity index (χ2v) is 5.60. The van der Waals surface area contributed by atoms with Gasteiger partial charge in [-0.05, 0) is 24.3 Å². The Bertz CT molecular complexity index is 402. The van der Waals surface area contributed by atoms with Crippen LogP contribution in [0.3, 0.4) is 0 Å². The molecule has 0 aromatic carbocycles. The average molecular weight is 299 g/mol. The first-order valence-electron chi connectivity index (χ1n) is 6.28. The zero-order valence-electron chi connectivity index (χ0n) is 12.0. The molecule has 0 aliphatic heterocycles. The van der Waals surface area contributed by atoms with E-state index in [0.29, 0.717) is 18.7 Å². The van der Waals surface area contributed by atoms with Crippen LogP contribution < -0.4 is 10.6 Å². The Morgan fingerprint density at radius 2 is 2.10 bits per heavy atom. The predicted octanol–water partition coefficient (Wildman–Crippen LogP) is 0.962. The van der Waals surface area contributed by atoms with Crippen LogP contribution in [0, 0.1) is 17.2 Å². The van der Waals surface area contributed by atoms with Gasteiger partial charge in [0.15, 0.2) is 0 Å². The number of thioether (sulfide) groups is 1. The van der Waals surface area contributed by atoms with E-state index in [2.05, 4.69) is 10.6 Å². The quantitative estimate of drug-likeness (QED) is 0.433. The number of carboxylic acid groups (broad SMARTS) is 1. The largest absolute Gasteiger partial charge is 0.480 e. The Kier molecular flexibility index (Phi) is 9.30. The van der Waals surface area contributed by atoms with E-state index >= 15 is 0 Å². The molecule has 0 aliphatic rings. The van der Waals surface area contributed by atoms with Crippen LogP contribution >= 0.6 is 11.8 Å². The summed E-state index contributed by atoms with van der Waals surface area (Å²) in [5.41, 5.74) is -0.124. The van der Waals surface area contributed by atoms with Crippen molar-refractivity contribution in [3.8, 4) is 6.07 Å². The van der Waals surface area contributed by atoms with E-state index in [1.165, 1.54) is 18.0 Å². The lowest BCUT2D eigenvalue weighted by Crippen LogP contribution is -2.35. The van der Waals surface area contributed by atoms with Gasteiger partial charge < -0.3 is 15.7 Å². The molecule has 20 heavy (non-hydrogen) atoms. The normalized spacial score (nSPS) is 12.7. The van der Waals surface area contributed by atoms with Crippen molar-refractivity contribution in [1.82, 2.24) is 10.6 Å². The second kappa shape index (κ2) is 10.1. The summed E-state index contributed by atoms with van der Waals surface area (Å²) in [5.74, 6) is -0.544. The summed E-state index contributed by atoms with van der Waals surface area (Å²) in [7, 11) is 0. The van der Waals surface area contributed by atoms with Crippen LogP contribution in [0.4, 0.5) is 0 Å². The molecule has 3 N–H and O–H groups in total. The van der Waals surface area contributed by atoms with Crippen LogP contribution in [0.25, 0.3) is 0 Å². The number of amides is 1. The fourth-order valence-corrected chi connectivity index (χ4v) is 1.71. The van der Waals surface area contributed by atoms with Crippen molar-refractivity contribution >= 4 is 23.6 Å². The smallest absolute Gasteiger partial charge is 0.326 e. The van der Waals surface area contributed by atoms with Gasteiger partial charge in [0.05, 0.1) is 0 Å². The van der Waals surface area contributed by atoms with E-state index < -0.39 is 17.9 Å². The minimum atomic E-state index is -1.00. The standard InChI is InChI=1S/C13H21N3O3S/c1-9(2)7-16-12(17)10(6-14)8-15-11(13(18)19)4-5-20-3/h8-9,11,15H,4-5,7H2,1-3H3,(H,16,17)(H,18,19)/b10-8-. The van der Waals surface area contributed by atoms with Gasteiger partial charge in [-0.3, -0.25) is 4.79 Å². The highest BCUT2D eigenvalue weighted by molar-refractivity contribution is 7.98. The molecule has 0 radical (unpaired) electrons. The molecule has 0 heterocycles. The Labute approximate surface area is 123 Å². The van der Waals surface area contributed by atoms with Crippen molar-refractivity contribution in [2.75, 3.05) is 18.6 Å². The molecule has 6 nitrogen and oxygen atoms in total. The van der Waals surface area contributed by atoms with Crippen molar-refractivity contribution in [3.63, 3.8) is 0 Å². The number of nitrogens with one attached hydrogen (secondary N) is 2. The first-order chi connectivity index (χ1) is 9.42. The summed E-state index contributed by atoms with van der Waals surface area (Å²) >= 11 is 1.54. The lowest BCUT2D eigenvalue weighted by atomic mass is 10.2. The second-order valence-electron chi connectivity index (χ2n) is 4.61. The zero-order chi connectivity index (χ0) is 15.5. The zero-order valence-corrected chi connectivity index (χ0v) is 12.8. The summed E-state index contributed by atoms with van der Waals surface area (Å²) < 4.78 is 0. The lowest BCUT2D eigenvalue weighted by Gasteiger charge is -2.12. The third-order valence-corrected chi connectivity index (χ3v) is 3.02. The van der Waals surface area contributed by atoms with Crippen LogP contribution in [0.1, 0.15) is 20.3 Å². The molecular formula is C13H21N3O3S. The van der Waals surface area contributed by atoms with Gasteiger partial charge in [-0.25, -0.2) is 4.79 Å². The molecule has 0 bridgehead atoms. The highest BCUT2D eigenvalue weighted by Crippen LogP contribution is 2.02. The SMILES string of the molecule is CSCCC(N/C=C(/C#N)C(=O)NCC(C)C)C(=O)O. The number of aliphatic carboxylic acids is 1. The monoisotopic (exact) mass is 299 g/mol. The maximum absolute atomic E-state index is 11.7. The number of carbonyl (C=O) groups excluding carboxylic acids is 1. The van der Waals surface area contributed by atoms with Crippen molar-refractivity contribution in [3.05, 3.63) is 11.8 Å². The topological polar surface area (TPSA) is 102 Å². The van der Waals surface area contributed by atoms with Crippen LogP contribution in [-0.4, -0.2) is 41.6 Å². The van der Waals surface area contributed by atoms with Crippen LogP contribution in [-0.2, 0) is 9.59 Å². The van der Waals surface area contributed by atoms with Gasteiger partial charge in [0.25, 0.3) is 5.91 Å². The van der Waals surface area contributed by atoms with E-state index in [-0.39, 0.29) is 11.5 Å². The molecule has 0 saturated heterocycles. The number of hydrogen-bond acceptors (Lipinski definition) is 5. The molecule has 0 aromatic rings. The Morgan fingerprint density at radius 1 is 1.45 bits per heavy atom. The number of nitrogens with zero attached hydrogens (tertiary/aromatic N) is 1. The molecule has 1 unspecified atom stereocenters. The molecular weight excluding hydrogens is 278 g/mol. The summed E-state index contributed by atoms with van der Waals surface area (Å²) in [5, 5.41) is 23.2. The molecule has 7 heteroatoms. The molecule has 1 atom stereocenters. The first-order valence-corrected chi connectivity index (χ1v) is 7.68. The number of carbonyl (C=O) groups is 2. The van der Waals surface area contributed by atoms with Gasteiger partial charge in [0, 0.05) is 12.7 Å². The fraction of sp³-hybridized carbons (Fsp3) is 0.615. The van der Waals surface area contributed by atoms with Gasteiger partial charge in [-0.2, -0.15) is 17.0 Å². The molecule has 1 amide bonds. The van der Waals surface area contributed by atoms with Crippen molar-refractivity contribution in [2.45, 2.75) is 26.3 Å². The minimum Gasteiger partial charge on any atom is -0.480 e. The maximum atomic E-state index is 11.7.